The summed E-state index contributed by atoms with van der Waals surface area (Å²) in [6, 6.07) is 7.26. The van der Waals surface area contributed by atoms with Gasteiger partial charge in [0, 0.05) is 5.70 Å². The average molecular weight is 342 g/mol. The second-order valence-corrected chi connectivity index (χ2v) is 6.05. The van der Waals surface area contributed by atoms with Crippen LogP contribution in [0.4, 0.5) is 5.95 Å². The Kier molecular flexibility index (Phi) is 4.74. The molecule has 0 saturated carbocycles. The van der Waals surface area contributed by atoms with Crippen LogP contribution in [0.25, 0.3) is 0 Å². The monoisotopic (exact) mass is 342 g/mol. The topological polar surface area (TPSA) is 78.3 Å². The van der Waals surface area contributed by atoms with E-state index in [0.717, 1.165) is 11.3 Å². The largest absolute Gasteiger partial charge is 0.491 e. The van der Waals surface area contributed by atoms with Gasteiger partial charge in [-0.15, -0.1) is 0 Å². The highest BCUT2D eigenvalue weighted by Gasteiger charge is 2.34. The van der Waals surface area contributed by atoms with Crippen LogP contribution in [0.2, 0.25) is 0 Å². The summed E-state index contributed by atoms with van der Waals surface area (Å²) in [7, 11) is 0. The molecule has 0 saturated heterocycles. The van der Waals surface area contributed by atoms with E-state index in [4.69, 9.17) is 9.47 Å². The Morgan fingerprint density at radius 3 is 2.68 bits per heavy atom. The molecule has 1 aliphatic heterocycles. The van der Waals surface area contributed by atoms with Gasteiger partial charge in [0.15, 0.2) is 0 Å². The highest BCUT2D eigenvalue weighted by molar-refractivity contribution is 5.92. The fourth-order valence-electron chi connectivity index (χ4n) is 2.87. The van der Waals surface area contributed by atoms with Gasteiger partial charge in [-0.1, -0.05) is 12.1 Å². The van der Waals surface area contributed by atoms with Crippen molar-refractivity contribution in [3.63, 3.8) is 0 Å². The highest BCUT2D eigenvalue weighted by Crippen LogP contribution is 2.35. The van der Waals surface area contributed by atoms with Gasteiger partial charge in [-0.05, 0) is 45.4 Å². The second kappa shape index (κ2) is 6.96. The Labute approximate surface area is 146 Å². The fourth-order valence-corrected chi connectivity index (χ4v) is 2.87. The van der Waals surface area contributed by atoms with Gasteiger partial charge < -0.3 is 14.8 Å². The van der Waals surface area contributed by atoms with E-state index in [1.54, 1.807) is 11.6 Å². The van der Waals surface area contributed by atoms with E-state index >= 15 is 0 Å². The Morgan fingerprint density at radius 1 is 1.32 bits per heavy atom. The lowest BCUT2D eigenvalue weighted by Crippen LogP contribution is -2.29. The average Bonchev–Trinajstić information content (AvgIpc) is 3.02. The van der Waals surface area contributed by atoms with Gasteiger partial charge in [0.1, 0.15) is 18.1 Å². The molecule has 1 aromatic carbocycles. The van der Waals surface area contributed by atoms with E-state index in [2.05, 4.69) is 15.4 Å². The number of allylic oxidation sites excluding steroid dienone is 1. The number of fused-ring (bicyclic) bond motifs is 1. The summed E-state index contributed by atoms with van der Waals surface area (Å²) in [5.74, 6) is 1.02. The number of esters is 1. The first-order valence-electron chi connectivity index (χ1n) is 8.32. The molecular formula is C18H22N4O3. The molecule has 7 heteroatoms. The zero-order valence-electron chi connectivity index (χ0n) is 14.8. The molecule has 0 radical (unpaired) electrons. The lowest BCUT2D eigenvalue weighted by molar-refractivity contribution is -0.139. The standard InChI is InChI=1S/C18H22N4O3/c1-5-24-17(23)15-12(4)21-18-19-10-20-22(18)16(15)13-6-8-14(9-7-13)25-11(2)3/h6-11,16H,5H2,1-4H3,(H,19,20,21). The molecule has 0 amide bonds. The molecule has 7 nitrogen and oxygen atoms in total. The van der Waals surface area contributed by atoms with Crippen LogP contribution in [-0.4, -0.2) is 33.4 Å². The number of benzene rings is 1. The van der Waals surface area contributed by atoms with E-state index in [9.17, 15) is 4.79 Å². The molecule has 132 valence electrons. The van der Waals surface area contributed by atoms with Crippen LogP contribution in [0.5, 0.6) is 5.75 Å². The van der Waals surface area contributed by atoms with E-state index in [-0.39, 0.29) is 12.1 Å². The lowest BCUT2D eigenvalue weighted by Gasteiger charge is -2.28. The number of rotatable bonds is 5. The molecule has 1 N–H and O–H groups in total. The van der Waals surface area contributed by atoms with Gasteiger partial charge in [-0.25, -0.2) is 9.48 Å². The van der Waals surface area contributed by atoms with Crippen molar-refractivity contribution in [2.75, 3.05) is 11.9 Å². The summed E-state index contributed by atoms with van der Waals surface area (Å²) in [5, 5.41) is 7.39. The third kappa shape index (κ3) is 3.35. The Bertz CT molecular complexity index is 793. The molecule has 2 aromatic rings. The molecule has 0 fully saturated rings. The predicted octanol–water partition coefficient (Wildman–Crippen LogP) is 2.92. The number of carbonyl (C=O) groups excluding carboxylic acids is 1. The summed E-state index contributed by atoms with van der Waals surface area (Å²) in [6.45, 7) is 7.90. The number of nitrogens with zero attached hydrogens (tertiary/aromatic N) is 3. The number of anilines is 1. The van der Waals surface area contributed by atoms with Gasteiger partial charge in [0.2, 0.25) is 5.95 Å². The number of hydrogen-bond acceptors (Lipinski definition) is 6. The lowest BCUT2D eigenvalue weighted by atomic mass is 9.96. The van der Waals surface area contributed by atoms with Crippen molar-refractivity contribution < 1.29 is 14.3 Å². The van der Waals surface area contributed by atoms with Crippen molar-refractivity contribution in [2.45, 2.75) is 39.8 Å². The molecule has 0 bridgehead atoms. The second-order valence-electron chi connectivity index (χ2n) is 6.05. The minimum atomic E-state index is -0.397. The maximum absolute atomic E-state index is 12.5. The van der Waals surface area contributed by atoms with Crippen molar-refractivity contribution in [1.29, 1.82) is 0 Å². The van der Waals surface area contributed by atoms with Crippen LogP contribution in [0.1, 0.15) is 39.3 Å². The number of carbonyl (C=O) groups is 1. The van der Waals surface area contributed by atoms with Crippen molar-refractivity contribution in [2.24, 2.45) is 0 Å². The van der Waals surface area contributed by atoms with Crippen molar-refractivity contribution >= 4 is 11.9 Å². The fraction of sp³-hybridized carbons (Fsp3) is 0.389. The van der Waals surface area contributed by atoms with Gasteiger partial charge in [-0.2, -0.15) is 10.1 Å². The van der Waals surface area contributed by atoms with Crippen molar-refractivity contribution in [3.05, 3.63) is 47.4 Å². The van der Waals surface area contributed by atoms with Crippen LogP contribution in [0, 0.1) is 0 Å². The Balaban J connectivity index is 2.02. The molecular weight excluding hydrogens is 320 g/mol. The molecule has 0 spiro atoms. The van der Waals surface area contributed by atoms with Crippen molar-refractivity contribution in [3.8, 4) is 5.75 Å². The maximum atomic E-state index is 12.5. The van der Waals surface area contributed by atoms with E-state index in [1.165, 1.54) is 6.33 Å². The third-order valence-electron chi connectivity index (χ3n) is 3.86. The van der Waals surface area contributed by atoms with Gasteiger partial charge in [-0.3, -0.25) is 0 Å². The number of nitrogens with one attached hydrogen (secondary N) is 1. The van der Waals surface area contributed by atoms with Gasteiger partial charge in [0.25, 0.3) is 0 Å². The first-order valence-corrected chi connectivity index (χ1v) is 8.32. The van der Waals surface area contributed by atoms with Crippen LogP contribution >= 0.6 is 0 Å². The Morgan fingerprint density at radius 2 is 2.04 bits per heavy atom. The molecule has 3 rings (SSSR count). The molecule has 1 aromatic heterocycles. The molecule has 1 aliphatic rings. The number of hydrogen-bond donors (Lipinski definition) is 1. The summed E-state index contributed by atoms with van der Waals surface area (Å²) in [4.78, 5) is 16.7. The first kappa shape index (κ1) is 17.0. The molecule has 1 unspecified atom stereocenters. The quantitative estimate of drug-likeness (QED) is 0.842. The van der Waals surface area contributed by atoms with Crippen LogP contribution in [0.3, 0.4) is 0 Å². The number of aromatic nitrogens is 3. The van der Waals surface area contributed by atoms with Crippen LogP contribution in [-0.2, 0) is 9.53 Å². The Hall–Kier alpha value is -2.83. The molecule has 2 heterocycles. The smallest absolute Gasteiger partial charge is 0.338 e. The first-order chi connectivity index (χ1) is 12.0. The van der Waals surface area contributed by atoms with E-state index < -0.39 is 6.04 Å². The van der Waals surface area contributed by atoms with E-state index in [0.29, 0.717) is 23.8 Å². The molecule has 25 heavy (non-hydrogen) atoms. The summed E-state index contributed by atoms with van der Waals surface area (Å²) < 4.78 is 12.6. The third-order valence-corrected chi connectivity index (χ3v) is 3.86. The predicted molar refractivity (Wildman–Crippen MR) is 93.3 cm³/mol. The van der Waals surface area contributed by atoms with Crippen LogP contribution < -0.4 is 10.1 Å². The minimum Gasteiger partial charge on any atom is -0.491 e. The zero-order valence-corrected chi connectivity index (χ0v) is 14.8. The zero-order chi connectivity index (χ0) is 18.0. The summed E-state index contributed by atoms with van der Waals surface area (Å²) in [5.41, 5.74) is 2.15. The molecule has 0 aliphatic carbocycles. The van der Waals surface area contributed by atoms with Gasteiger partial charge in [0.05, 0.1) is 18.3 Å². The normalized spacial score (nSPS) is 16.4. The summed E-state index contributed by atoms with van der Waals surface area (Å²) >= 11 is 0. The highest BCUT2D eigenvalue weighted by atomic mass is 16.5. The minimum absolute atomic E-state index is 0.101. The maximum Gasteiger partial charge on any atom is 0.338 e. The SMILES string of the molecule is CCOC(=O)C1=C(C)Nc2ncnn2C1c1ccc(OC(C)C)cc1. The molecule has 1 atom stereocenters. The van der Waals surface area contributed by atoms with E-state index in [1.807, 2.05) is 45.0 Å². The number of ether oxygens (including phenoxy) is 2. The van der Waals surface area contributed by atoms with Crippen molar-refractivity contribution in [1.82, 2.24) is 14.8 Å². The summed E-state index contributed by atoms with van der Waals surface area (Å²) in [6.07, 6.45) is 1.57. The van der Waals surface area contributed by atoms with Crippen LogP contribution in [0.15, 0.2) is 41.9 Å². The van der Waals surface area contributed by atoms with Gasteiger partial charge >= 0.3 is 5.97 Å².